The fourth-order valence-corrected chi connectivity index (χ4v) is 6.75. The van der Waals surface area contributed by atoms with E-state index < -0.39 is 6.04 Å². The lowest BCUT2D eigenvalue weighted by Crippen LogP contribution is -2.37. The minimum Gasteiger partial charge on any atom is -0.394 e. The summed E-state index contributed by atoms with van der Waals surface area (Å²) in [5, 5.41) is 14.5. The molecule has 1 aliphatic carbocycles. The van der Waals surface area contributed by atoms with Crippen molar-refractivity contribution in [3.8, 4) is 0 Å². The second-order valence-electron chi connectivity index (χ2n) is 11.7. The van der Waals surface area contributed by atoms with Gasteiger partial charge in [0, 0.05) is 28.8 Å². The highest BCUT2D eigenvalue weighted by Gasteiger charge is 2.33. The van der Waals surface area contributed by atoms with E-state index in [0.717, 1.165) is 54.6 Å². The van der Waals surface area contributed by atoms with Crippen molar-refractivity contribution in [3.63, 3.8) is 0 Å². The van der Waals surface area contributed by atoms with Gasteiger partial charge in [-0.15, -0.1) is 0 Å². The van der Waals surface area contributed by atoms with E-state index in [-0.39, 0.29) is 18.4 Å². The number of carbonyl (C=O) groups excluding carboxylic acids is 1. The Morgan fingerprint density at radius 1 is 0.927 bits per heavy atom. The Balaban J connectivity index is 1.31. The Morgan fingerprint density at radius 3 is 2.32 bits per heavy atom. The van der Waals surface area contributed by atoms with Crippen LogP contribution < -0.4 is 5.32 Å². The summed E-state index contributed by atoms with van der Waals surface area (Å²) in [6, 6.07) is 26.5. The second kappa shape index (κ2) is 11.5. The van der Waals surface area contributed by atoms with Gasteiger partial charge < -0.3 is 10.4 Å². The summed E-state index contributed by atoms with van der Waals surface area (Å²) in [5.74, 6) is 0.0895. The topological polar surface area (TPSA) is 66.6 Å². The predicted molar refractivity (Wildman–Crippen MR) is 165 cm³/mol. The number of aromatic nitrogens is 2. The number of aliphatic hydroxyl groups excluding tert-OH is 1. The van der Waals surface area contributed by atoms with Crippen LogP contribution in [0.15, 0.2) is 78.9 Å². The van der Waals surface area contributed by atoms with Gasteiger partial charge in [0.1, 0.15) is 5.65 Å². The Hall–Kier alpha value is -3.96. The molecule has 5 aromatic rings. The summed E-state index contributed by atoms with van der Waals surface area (Å²) < 4.78 is 2.30. The highest BCUT2D eigenvalue weighted by Crippen LogP contribution is 2.38. The molecule has 0 saturated heterocycles. The first kappa shape index (κ1) is 27.2. The van der Waals surface area contributed by atoms with Crippen LogP contribution in [-0.2, 0) is 11.2 Å². The van der Waals surface area contributed by atoms with Crippen molar-refractivity contribution >= 4 is 22.5 Å². The van der Waals surface area contributed by atoms with Crippen LogP contribution >= 0.6 is 0 Å². The standard InChI is InChI=1S/C36H39N3O2/c1-23-24(2)37-35-31(30-15-9-10-16-33(30)39(35)25(23)3)21-26-17-19-29(20-18-26)34(28-13-7-8-14-28)36(41)38-32(22-40)27-11-5-4-6-12-27/h4-6,9-12,15-20,28,32,34,40H,7-8,13-14,21-22H2,1-3H3,(H,38,41)/t32-,34-/m0/s1. The molecule has 5 nitrogen and oxygen atoms in total. The number of hydrogen-bond donors (Lipinski definition) is 2. The zero-order valence-corrected chi connectivity index (χ0v) is 24.2. The highest BCUT2D eigenvalue weighted by atomic mass is 16.3. The molecular weight excluding hydrogens is 506 g/mol. The molecule has 5 heteroatoms. The van der Waals surface area contributed by atoms with Gasteiger partial charge in [0.2, 0.25) is 5.91 Å². The minimum absolute atomic E-state index is 0.00231. The lowest BCUT2D eigenvalue weighted by molar-refractivity contribution is -0.124. The summed E-state index contributed by atoms with van der Waals surface area (Å²) >= 11 is 0. The summed E-state index contributed by atoms with van der Waals surface area (Å²) in [6.45, 7) is 6.28. The molecule has 2 aromatic heterocycles. The monoisotopic (exact) mass is 545 g/mol. The predicted octanol–water partition coefficient (Wildman–Crippen LogP) is 7.13. The SMILES string of the molecule is Cc1nc2c(Cc3ccc([C@@H](C(=O)N[C@@H](CO)c4ccccc4)C4CCCC4)cc3)c3ccccc3n2c(C)c1C. The number of fused-ring (bicyclic) bond motifs is 3. The Kier molecular flexibility index (Phi) is 7.63. The van der Waals surface area contributed by atoms with E-state index in [2.05, 4.69) is 79.0 Å². The van der Waals surface area contributed by atoms with E-state index in [1.165, 1.54) is 33.3 Å². The van der Waals surface area contributed by atoms with Crippen molar-refractivity contribution in [2.75, 3.05) is 6.61 Å². The first-order valence-corrected chi connectivity index (χ1v) is 14.9. The van der Waals surface area contributed by atoms with Crippen LogP contribution in [0.2, 0.25) is 0 Å². The van der Waals surface area contributed by atoms with Crippen molar-refractivity contribution < 1.29 is 9.90 Å². The first-order valence-electron chi connectivity index (χ1n) is 14.9. The van der Waals surface area contributed by atoms with Crippen LogP contribution in [0.1, 0.15) is 76.8 Å². The number of amides is 1. The van der Waals surface area contributed by atoms with E-state index in [1.807, 2.05) is 30.3 Å². The van der Waals surface area contributed by atoms with Crippen LogP contribution in [0.25, 0.3) is 16.6 Å². The van der Waals surface area contributed by atoms with Crippen molar-refractivity contribution in [2.45, 2.75) is 64.8 Å². The van der Waals surface area contributed by atoms with E-state index in [4.69, 9.17) is 4.98 Å². The highest BCUT2D eigenvalue weighted by molar-refractivity contribution is 5.92. The number of aliphatic hydroxyl groups is 1. The van der Waals surface area contributed by atoms with Gasteiger partial charge in [-0.1, -0.05) is 85.6 Å². The van der Waals surface area contributed by atoms with Crippen LogP contribution in [0.3, 0.4) is 0 Å². The largest absolute Gasteiger partial charge is 0.394 e. The molecule has 0 radical (unpaired) electrons. The lowest BCUT2D eigenvalue weighted by Gasteiger charge is -2.26. The van der Waals surface area contributed by atoms with Gasteiger partial charge in [-0.25, -0.2) is 4.98 Å². The molecular formula is C36H39N3O2. The molecule has 0 unspecified atom stereocenters. The molecule has 0 aliphatic heterocycles. The average molecular weight is 546 g/mol. The van der Waals surface area contributed by atoms with Crippen molar-refractivity contribution in [1.82, 2.24) is 14.7 Å². The maximum Gasteiger partial charge on any atom is 0.228 e. The number of benzene rings is 3. The van der Waals surface area contributed by atoms with E-state index in [9.17, 15) is 9.90 Å². The molecule has 3 aromatic carbocycles. The van der Waals surface area contributed by atoms with Crippen molar-refractivity contribution in [3.05, 3.63) is 118 Å². The maximum absolute atomic E-state index is 13.8. The van der Waals surface area contributed by atoms with Gasteiger partial charge in [0.05, 0.1) is 24.1 Å². The molecule has 1 fully saturated rings. The maximum atomic E-state index is 13.8. The molecule has 41 heavy (non-hydrogen) atoms. The number of nitrogens with zero attached hydrogens (tertiary/aromatic N) is 2. The lowest BCUT2D eigenvalue weighted by atomic mass is 9.83. The second-order valence-corrected chi connectivity index (χ2v) is 11.7. The van der Waals surface area contributed by atoms with E-state index >= 15 is 0 Å². The smallest absolute Gasteiger partial charge is 0.228 e. The molecule has 6 rings (SSSR count). The average Bonchev–Trinajstić information content (AvgIpc) is 3.63. The van der Waals surface area contributed by atoms with Gasteiger partial charge in [-0.3, -0.25) is 9.20 Å². The van der Waals surface area contributed by atoms with Gasteiger partial charge in [0.25, 0.3) is 0 Å². The van der Waals surface area contributed by atoms with Gasteiger partial charge >= 0.3 is 0 Å². The van der Waals surface area contributed by atoms with Crippen molar-refractivity contribution in [2.24, 2.45) is 5.92 Å². The Morgan fingerprint density at radius 2 is 1.61 bits per heavy atom. The Labute approximate surface area is 242 Å². The van der Waals surface area contributed by atoms with Gasteiger partial charge in [-0.2, -0.15) is 0 Å². The van der Waals surface area contributed by atoms with E-state index in [0.29, 0.717) is 5.92 Å². The molecule has 0 bridgehead atoms. The summed E-state index contributed by atoms with van der Waals surface area (Å²) in [6.07, 6.45) is 5.21. The molecule has 1 aliphatic rings. The molecule has 0 spiro atoms. The molecule has 1 saturated carbocycles. The zero-order valence-electron chi connectivity index (χ0n) is 24.2. The zero-order chi connectivity index (χ0) is 28.5. The fraction of sp³-hybridized carbons (Fsp3) is 0.333. The summed E-state index contributed by atoms with van der Waals surface area (Å²) in [5.41, 5.74) is 10.1. The fourth-order valence-electron chi connectivity index (χ4n) is 6.75. The number of carbonyl (C=O) groups is 1. The van der Waals surface area contributed by atoms with Crippen molar-refractivity contribution in [1.29, 1.82) is 0 Å². The molecule has 1 amide bonds. The third kappa shape index (κ3) is 5.15. The molecule has 2 atom stereocenters. The van der Waals surface area contributed by atoms with Gasteiger partial charge in [0.15, 0.2) is 0 Å². The molecule has 210 valence electrons. The summed E-state index contributed by atoms with van der Waals surface area (Å²) in [7, 11) is 0. The Bertz CT molecular complexity index is 1680. The number of hydrogen-bond acceptors (Lipinski definition) is 3. The minimum atomic E-state index is -0.411. The normalized spacial score (nSPS) is 15.4. The number of aryl methyl sites for hydroxylation is 2. The number of para-hydroxylation sites is 1. The number of nitrogens with one attached hydrogen (secondary N) is 1. The van der Waals surface area contributed by atoms with Crippen LogP contribution in [0, 0.1) is 26.7 Å². The third-order valence-electron chi connectivity index (χ3n) is 9.22. The van der Waals surface area contributed by atoms with Crippen LogP contribution in [0.4, 0.5) is 0 Å². The van der Waals surface area contributed by atoms with Crippen LogP contribution in [0.5, 0.6) is 0 Å². The number of rotatable bonds is 8. The van der Waals surface area contributed by atoms with E-state index in [1.54, 1.807) is 0 Å². The summed E-state index contributed by atoms with van der Waals surface area (Å²) in [4.78, 5) is 18.8. The first-order chi connectivity index (χ1) is 20.0. The quantitative estimate of drug-likeness (QED) is 0.218. The van der Waals surface area contributed by atoms with Crippen LogP contribution in [-0.4, -0.2) is 27.0 Å². The molecule has 2 heterocycles. The van der Waals surface area contributed by atoms with Gasteiger partial charge in [-0.05, 0) is 67.9 Å². The third-order valence-corrected chi connectivity index (χ3v) is 9.22. The molecule has 2 N–H and O–H groups in total.